The fourth-order valence-corrected chi connectivity index (χ4v) is 14.2. The first kappa shape index (κ1) is 39.6. The van der Waals surface area contributed by atoms with Gasteiger partial charge in [0.15, 0.2) is 28.8 Å². The summed E-state index contributed by atoms with van der Waals surface area (Å²) < 4.78 is 16.9. The number of aliphatic hydroxyl groups is 6. The lowest BCUT2D eigenvalue weighted by Crippen LogP contribution is -2.69. The zero-order valence-electron chi connectivity index (χ0n) is 32.1. The average Bonchev–Trinajstić information content (AvgIpc) is 3.51. The molecular formula is C43H57FO10. The van der Waals surface area contributed by atoms with Crippen molar-refractivity contribution in [1.29, 1.82) is 0 Å². The van der Waals surface area contributed by atoms with Gasteiger partial charge in [0, 0.05) is 33.5 Å². The Labute approximate surface area is 316 Å². The number of hydrogen-bond acceptors (Lipinski definition) is 10. The average molecular weight is 753 g/mol. The van der Waals surface area contributed by atoms with Gasteiger partial charge >= 0.3 is 0 Å². The van der Waals surface area contributed by atoms with Crippen LogP contribution in [-0.2, 0) is 19.2 Å². The summed E-state index contributed by atoms with van der Waals surface area (Å²) in [5.74, 6) is -2.35. The summed E-state index contributed by atoms with van der Waals surface area (Å²) in [7, 11) is 0. The van der Waals surface area contributed by atoms with Gasteiger partial charge < -0.3 is 30.6 Å². The molecule has 0 spiro atoms. The third-order valence-electron chi connectivity index (χ3n) is 17.0. The summed E-state index contributed by atoms with van der Waals surface area (Å²) in [5.41, 5.74) is -6.71. The standard InChI is InChI=1S/C22H29FO5.C21H28O5/c1-12-8-16-15-5-4-13-9-14(25)6-7-19(13,2)21(15,23)17(26)10-20(16,3)22(12,28)18(27)11-24;1-19-7-5-13(23)9-12(19)3-4-14-15-6-8-21(26,17(25)11-22)20(15,2)10-16(24)18(14)19/h6-7,9,12,15-17,24,26,28H,4-5,8,10-11H2,1-3H3;5,7,9,14-16,18,22,24,26H,3-4,6,8,10-11H2,1-2H3/t12-,15-,16-,17-,19-,20-,21-,22-;14-,15-,16-,18+,19-,20-,21-/m00/s1. The number of alkyl halides is 1. The van der Waals surface area contributed by atoms with E-state index in [1.54, 1.807) is 39.0 Å². The number of Topliss-reactive ketones (excluding diaryl/α,β-unsaturated/α-hetero) is 2. The second-order valence-corrected chi connectivity index (χ2v) is 18.9. The van der Waals surface area contributed by atoms with Gasteiger partial charge in [0.2, 0.25) is 0 Å². The lowest BCUT2D eigenvalue weighted by Gasteiger charge is -2.62. The molecule has 296 valence electrons. The van der Waals surface area contributed by atoms with Gasteiger partial charge in [-0.1, -0.05) is 51.0 Å². The molecule has 6 fully saturated rings. The molecule has 54 heavy (non-hydrogen) atoms. The Hall–Kier alpha value is -2.67. The largest absolute Gasteiger partial charge is 0.393 e. The number of ketones is 4. The summed E-state index contributed by atoms with van der Waals surface area (Å²) >= 11 is 0. The van der Waals surface area contributed by atoms with Crippen LogP contribution in [0.25, 0.3) is 0 Å². The highest BCUT2D eigenvalue weighted by molar-refractivity contribution is 6.02. The molecule has 8 aliphatic carbocycles. The van der Waals surface area contributed by atoms with Crippen LogP contribution in [0.5, 0.6) is 0 Å². The molecule has 0 aliphatic heterocycles. The van der Waals surface area contributed by atoms with Crippen LogP contribution in [0.3, 0.4) is 0 Å². The molecule has 0 aromatic rings. The van der Waals surface area contributed by atoms with E-state index >= 15 is 4.39 Å². The maximum absolute atomic E-state index is 16.9. The van der Waals surface area contributed by atoms with Crippen LogP contribution in [0.4, 0.5) is 4.39 Å². The quantitative estimate of drug-likeness (QED) is 0.248. The maximum Gasteiger partial charge on any atom is 0.190 e. The minimum Gasteiger partial charge on any atom is -0.393 e. The van der Waals surface area contributed by atoms with E-state index in [0.29, 0.717) is 37.7 Å². The van der Waals surface area contributed by atoms with Crippen molar-refractivity contribution >= 4 is 23.1 Å². The highest BCUT2D eigenvalue weighted by Gasteiger charge is 2.75. The Bertz CT molecular complexity index is 1780. The van der Waals surface area contributed by atoms with Gasteiger partial charge in [0.1, 0.15) is 24.4 Å². The molecule has 0 unspecified atom stereocenters. The number of allylic oxidation sites excluding steroid dienone is 8. The summed E-state index contributed by atoms with van der Waals surface area (Å²) in [4.78, 5) is 48.5. The molecule has 10 nitrogen and oxygen atoms in total. The van der Waals surface area contributed by atoms with Crippen molar-refractivity contribution in [2.24, 2.45) is 57.2 Å². The van der Waals surface area contributed by atoms with Gasteiger partial charge in [-0.05, 0) is 113 Å². The molecule has 8 rings (SSSR count). The van der Waals surface area contributed by atoms with Gasteiger partial charge in [-0.3, -0.25) is 19.2 Å². The lowest BCUT2D eigenvalue weighted by atomic mass is 9.44. The molecule has 0 heterocycles. The summed E-state index contributed by atoms with van der Waals surface area (Å²) in [6.45, 7) is 7.82. The number of hydrogen-bond donors (Lipinski definition) is 6. The van der Waals surface area contributed by atoms with Gasteiger partial charge in [-0.25, -0.2) is 4.39 Å². The molecule has 0 aromatic carbocycles. The zero-order valence-corrected chi connectivity index (χ0v) is 32.1. The predicted octanol–water partition coefficient (Wildman–Crippen LogP) is 3.45. The van der Waals surface area contributed by atoms with Gasteiger partial charge in [-0.15, -0.1) is 0 Å². The van der Waals surface area contributed by atoms with E-state index in [1.807, 2.05) is 13.0 Å². The first-order valence-corrected chi connectivity index (χ1v) is 19.8. The second kappa shape index (κ2) is 12.7. The van der Waals surface area contributed by atoms with E-state index in [1.165, 1.54) is 12.2 Å². The monoisotopic (exact) mass is 752 g/mol. The number of halogens is 1. The van der Waals surface area contributed by atoms with Crippen LogP contribution in [0.2, 0.25) is 0 Å². The summed E-state index contributed by atoms with van der Waals surface area (Å²) in [6.07, 6.45) is 12.1. The van der Waals surface area contributed by atoms with E-state index in [2.05, 4.69) is 6.92 Å². The normalized spacial score (nSPS) is 51.3. The van der Waals surface area contributed by atoms with E-state index in [-0.39, 0.29) is 47.1 Å². The third kappa shape index (κ3) is 4.84. The van der Waals surface area contributed by atoms with E-state index in [9.17, 15) is 49.8 Å². The number of carbonyl (C=O) groups is 4. The highest BCUT2D eigenvalue weighted by atomic mass is 19.1. The first-order valence-electron chi connectivity index (χ1n) is 19.8. The third-order valence-corrected chi connectivity index (χ3v) is 17.0. The van der Waals surface area contributed by atoms with E-state index in [0.717, 1.165) is 24.8 Å². The first-order chi connectivity index (χ1) is 25.1. The SMILES string of the molecule is C[C@H]1C[C@H]2[C@@H]3CCC4=CC(=O)C=C[C@]4(C)[C@@]3(F)[C@@H](O)C[C@]2(C)[C@@]1(O)C(=O)CO.C[C@]12C=CC(=O)C=C1CC[C@@H]1[C@@H]2[C@@H](O)C[C@@]2(C)[C@H]1CC[C@]2(O)C(=O)CO. The molecule has 0 saturated heterocycles. The van der Waals surface area contributed by atoms with Gasteiger partial charge in [-0.2, -0.15) is 0 Å². The fourth-order valence-electron chi connectivity index (χ4n) is 14.2. The molecule has 0 radical (unpaired) electrons. The summed E-state index contributed by atoms with van der Waals surface area (Å²) in [5, 5.41) is 63.6. The zero-order chi connectivity index (χ0) is 39.6. The van der Waals surface area contributed by atoms with Crippen LogP contribution in [0.1, 0.15) is 92.4 Å². The lowest BCUT2D eigenvalue weighted by molar-refractivity contribution is -0.219. The van der Waals surface area contributed by atoms with Crippen molar-refractivity contribution in [2.75, 3.05) is 13.2 Å². The number of fused-ring (bicyclic) bond motifs is 10. The molecule has 0 bridgehead atoms. The minimum absolute atomic E-state index is 0.00912. The van der Waals surface area contributed by atoms with Crippen molar-refractivity contribution in [3.8, 4) is 0 Å². The topological polar surface area (TPSA) is 190 Å². The molecule has 0 aromatic heterocycles. The minimum atomic E-state index is -1.98. The Balaban J connectivity index is 0.000000167. The van der Waals surface area contributed by atoms with Crippen LogP contribution >= 0.6 is 0 Å². The van der Waals surface area contributed by atoms with E-state index < -0.39 is 81.9 Å². The summed E-state index contributed by atoms with van der Waals surface area (Å²) in [6, 6.07) is 0. The maximum atomic E-state index is 16.9. The Morgan fingerprint density at radius 3 is 2.06 bits per heavy atom. The van der Waals surface area contributed by atoms with Crippen molar-refractivity contribution in [1.82, 2.24) is 0 Å². The molecule has 6 N–H and O–H groups in total. The van der Waals surface area contributed by atoms with Crippen LogP contribution < -0.4 is 0 Å². The fraction of sp³-hybridized carbons (Fsp3) is 0.721. The molecule has 6 saturated carbocycles. The van der Waals surface area contributed by atoms with E-state index in [4.69, 9.17) is 0 Å². The van der Waals surface area contributed by atoms with Gasteiger partial charge in [0.25, 0.3) is 0 Å². The Kier molecular flexibility index (Phi) is 9.28. The van der Waals surface area contributed by atoms with Crippen LogP contribution in [-0.4, -0.2) is 96.1 Å². The Morgan fingerprint density at radius 2 is 1.41 bits per heavy atom. The number of rotatable bonds is 4. The molecule has 8 aliphatic rings. The molecule has 0 amide bonds. The van der Waals surface area contributed by atoms with Crippen molar-refractivity contribution in [2.45, 2.75) is 121 Å². The van der Waals surface area contributed by atoms with Gasteiger partial charge in [0.05, 0.1) is 12.2 Å². The number of aliphatic hydroxyl groups excluding tert-OH is 4. The molecular weight excluding hydrogens is 695 g/mol. The second-order valence-electron chi connectivity index (χ2n) is 18.9. The molecule has 15 atom stereocenters. The Morgan fingerprint density at radius 1 is 0.796 bits per heavy atom. The molecule has 11 heteroatoms. The smallest absolute Gasteiger partial charge is 0.190 e. The van der Waals surface area contributed by atoms with Crippen LogP contribution in [0, 0.1) is 57.2 Å². The van der Waals surface area contributed by atoms with Crippen LogP contribution in [0.15, 0.2) is 47.6 Å². The number of carbonyl (C=O) groups excluding carboxylic acids is 4. The van der Waals surface area contributed by atoms with Crippen molar-refractivity contribution in [3.63, 3.8) is 0 Å². The van der Waals surface area contributed by atoms with Crippen molar-refractivity contribution in [3.05, 3.63) is 47.6 Å². The predicted molar refractivity (Wildman–Crippen MR) is 195 cm³/mol. The highest BCUT2D eigenvalue weighted by Crippen LogP contribution is 2.71. The van der Waals surface area contributed by atoms with Crippen molar-refractivity contribution < 1.29 is 54.2 Å².